The minimum absolute atomic E-state index is 0.165. The second-order valence-corrected chi connectivity index (χ2v) is 6.38. The van der Waals surface area contributed by atoms with Crippen LogP contribution in [-0.2, 0) is 13.0 Å². The lowest BCUT2D eigenvalue weighted by atomic mass is 10.1. The van der Waals surface area contributed by atoms with Crippen LogP contribution in [0.3, 0.4) is 0 Å². The van der Waals surface area contributed by atoms with Gasteiger partial charge in [0.1, 0.15) is 17.6 Å². The largest absolute Gasteiger partial charge is 0.494 e. The Kier molecular flexibility index (Phi) is 4.32. The van der Waals surface area contributed by atoms with Crippen molar-refractivity contribution in [3.05, 3.63) is 47.0 Å². The fourth-order valence-corrected chi connectivity index (χ4v) is 3.22. The van der Waals surface area contributed by atoms with Crippen molar-refractivity contribution in [2.24, 2.45) is 0 Å². The van der Waals surface area contributed by atoms with E-state index in [0.29, 0.717) is 30.2 Å². The Morgan fingerprint density at radius 1 is 1.19 bits per heavy atom. The SMILES string of the molecule is CCOc1cc2c(cc1CNC(=O)c1ccc3c(c1)OCO3)O[C@@H](C)C2. The first kappa shape index (κ1) is 16.6. The van der Waals surface area contributed by atoms with Crippen LogP contribution in [0.4, 0.5) is 0 Å². The van der Waals surface area contributed by atoms with E-state index in [1.165, 1.54) is 0 Å². The van der Waals surface area contributed by atoms with Crippen molar-refractivity contribution in [1.82, 2.24) is 5.32 Å². The van der Waals surface area contributed by atoms with Crippen LogP contribution in [0, 0.1) is 0 Å². The molecule has 0 spiro atoms. The Balaban J connectivity index is 1.50. The molecular formula is C20H21NO5. The van der Waals surface area contributed by atoms with E-state index in [1.54, 1.807) is 18.2 Å². The fourth-order valence-electron chi connectivity index (χ4n) is 3.22. The molecule has 2 aromatic rings. The first-order chi connectivity index (χ1) is 12.6. The molecule has 2 aromatic carbocycles. The van der Waals surface area contributed by atoms with Crippen molar-refractivity contribution in [3.63, 3.8) is 0 Å². The summed E-state index contributed by atoms with van der Waals surface area (Å²) in [4.78, 5) is 12.5. The standard InChI is InChI=1S/C20H21NO5/c1-3-23-17-8-14-6-12(2)26-18(14)9-15(17)10-21-20(22)13-4-5-16-19(7-13)25-11-24-16/h4-5,7-9,12H,3,6,10-11H2,1-2H3,(H,21,22)/t12-/m0/s1. The first-order valence-electron chi connectivity index (χ1n) is 8.77. The van der Waals surface area contributed by atoms with E-state index >= 15 is 0 Å². The second-order valence-electron chi connectivity index (χ2n) is 6.38. The molecule has 2 aliphatic rings. The van der Waals surface area contributed by atoms with Gasteiger partial charge in [0.05, 0.1) is 6.61 Å². The van der Waals surface area contributed by atoms with E-state index in [1.807, 2.05) is 26.0 Å². The van der Waals surface area contributed by atoms with Crippen LogP contribution in [0.5, 0.6) is 23.0 Å². The number of hydrogen-bond donors (Lipinski definition) is 1. The zero-order chi connectivity index (χ0) is 18.1. The van der Waals surface area contributed by atoms with Gasteiger partial charge in [-0.05, 0) is 44.2 Å². The number of fused-ring (bicyclic) bond motifs is 2. The average molecular weight is 355 g/mol. The Morgan fingerprint density at radius 2 is 2.04 bits per heavy atom. The summed E-state index contributed by atoms with van der Waals surface area (Å²) in [6, 6.07) is 9.13. The molecule has 1 N–H and O–H groups in total. The molecule has 136 valence electrons. The van der Waals surface area contributed by atoms with Crippen molar-refractivity contribution < 1.29 is 23.7 Å². The van der Waals surface area contributed by atoms with Gasteiger partial charge < -0.3 is 24.3 Å². The maximum atomic E-state index is 12.5. The molecule has 26 heavy (non-hydrogen) atoms. The van der Waals surface area contributed by atoms with E-state index in [2.05, 4.69) is 5.32 Å². The van der Waals surface area contributed by atoms with Crippen molar-refractivity contribution in [2.45, 2.75) is 32.9 Å². The summed E-state index contributed by atoms with van der Waals surface area (Å²) in [5.74, 6) is 2.72. The molecule has 0 aliphatic carbocycles. The minimum atomic E-state index is -0.180. The molecule has 0 unspecified atom stereocenters. The molecule has 0 saturated heterocycles. The lowest BCUT2D eigenvalue weighted by molar-refractivity contribution is 0.0950. The lowest BCUT2D eigenvalue weighted by Gasteiger charge is -2.13. The van der Waals surface area contributed by atoms with Gasteiger partial charge in [0.2, 0.25) is 6.79 Å². The zero-order valence-electron chi connectivity index (χ0n) is 14.8. The molecule has 2 aliphatic heterocycles. The van der Waals surface area contributed by atoms with Gasteiger partial charge in [-0.15, -0.1) is 0 Å². The number of carbonyl (C=O) groups is 1. The van der Waals surface area contributed by atoms with Crippen LogP contribution >= 0.6 is 0 Å². The number of carbonyl (C=O) groups excluding carboxylic acids is 1. The molecule has 0 fully saturated rings. The van der Waals surface area contributed by atoms with Gasteiger partial charge in [0, 0.05) is 29.7 Å². The van der Waals surface area contributed by atoms with Crippen LogP contribution in [-0.4, -0.2) is 25.4 Å². The molecule has 0 saturated carbocycles. The van der Waals surface area contributed by atoms with Gasteiger partial charge in [-0.25, -0.2) is 0 Å². The number of benzene rings is 2. The predicted molar refractivity (Wildman–Crippen MR) is 95.1 cm³/mol. The van der Waals surface area contributed by atoms with E-state index in [-0.39, 0.29) is 18.8 Å². The summed E-state index contributed by atoms with van der Waals surface area (Å²) in [5, 5.41) is 2.94. The molecule has 2 heterocycles. The third kappa shape index (κ3) is 3.14. The Bertz CT molecular complexity index is 848. The molecule has 1 atom stereocenters. The summed E-state index contributed by atoms with van der Waals surface area (Å²) in [6.07, 6.45) is 1.04. The normalized spacial score (nSPS) is 16.8. The molecule has 0 radical (unpaired) electrons. The highest BCUT2D eigenvalue weighted by molar-refractivity contribution is 5.94. The Hall–Kier alpha value is -2.89. The van der Waals surface area contributed by atoms with Crippen LogP contribution < -0.4 is 24.3 Å². The number of nitrogens with one attached hydrogen (secondary N) is 1. The smallest absolute Gasteiger partial charge is 0.251 e. The highest BCUT2D eigenvalue weighted by Crippen LogP contribution is 2.35. The van der Waals surface area contributed by atoms with Crippen LogP contribution in [0.1, 0.15) is 35.3 Å². The van der Waals surface area contributed by atoms with Gasteiger partial charge in [-0.2, -0.15) is 0 Å². The lowest BCUT2D eigenvalue weighted by Crippen LogP contribution is -2.23. The maximum Gasteiger partial charge on any atom is 0.251 e. The summed E-state index contributed by atoms with van der Waals surface area (Å²) >= 11 is 0. The molecule has 4 rings (SSSR count). The van der Waals surface area contributed by atoms with E-state index in [4.69, 9.17) is 18.9 Å². The molecule has 6 heteroatoms. The monoisotopic (exact) mass is 355 g/mol. The summed E-state index contributed by atoms with van der Waals surface area (Å²) < 4.78 is 22.2. The van der Waals surface area contributed by atoms with Crippen LogP contribution in [0.15, 0.2) is 30.3 Å². The zero-order valence-corrected chi connectivity index (χ0v) is 14.8. The van der Waals surface area contributed by atoms with E-state index in [0.717, 1.165) is 29.0 Å². The number of hydrogen-bond acceptors (Lipinski definition) is 5. The van der Waals surface area contributed by atoms with Crippen LogP contribution in [0.25, 0.3) is 0 Å². The van der Waals surface area contributed by atoms with Crippen molar-refractivity contribution in [1.29, 1.82) is 0 Å². The van der Waals surface area contributed by atoms with Crippen molar-refractivity contribution in [2.75, 3.05) is 13.4 Å². The topological polar surface area (TPSA) is 66.0 Å². The van der Waals surface area contributed by atoms with Gasteiger partial charge in [-0.1, -0.05) is 0 Å². The third-order valence-electron chi connectivity index (χ3n) is 4.45. The molecule has 6 nitrogen and oxygen atoms in total. The second kappa shape index (κ2) is 6.78. The number of rotatable bonds is 5. The Morgan fingerprint density at radius 3 is 2.88 bits per heavy atom. The average Bonchev–Trinajstić information content (AvgIpc) is 3.23. The number of ether oxygens (including phenoxy) is 4. The van der Waals surface area contributed by atoms with Crippen molar-refractivity contribution in [3.8, 4) is 23.0 Å². The van der Waals surface area contributed by atoms with Gasteiger partial charge >= 0.3 is 0 Å². The number of amides is 1. The van der Waals surface area contributed by atoms with Gasteiger partial charge in [0.25, 0.3) is 5.91 Å². The van der Waals surface area contributed by atoms with Crippen molar-refractivity contribution >= 4 is 5.91 Å². The maximum absolute atomic E-state index is 12.5. The first-order valence-corrected chi connectivity index (χ1v) is 8.77. The summed E-state index contributed by atoms with van der Waals surface area (Å²) in [6.45, 7) is 5.10. The van der Waals surface area contributed by atoms with Crippen LogP contribution in [0.2, 0.25) is 0 Å². The van der Waals surface area contributed by atoms with E-state index < -0.39 is 0 Å². The molecular weight excluding hydrogens is 334 g/mol. The minimum Gasteiger partial charge on any atom is -0.494 e. The molecule has 0 bridgehead atoms. The van der Waals surface area contributed by atoms with Gasteiger partial charge in [0.15, 0.2) is 11.5 Å². The summed E-state index contributed by atoms with van der Waals surface area (Å²) in [5.41, 5.74) is 2.57. The quantitative estimate of drug-likeness (QED) is 0.893. The predicted octanol–water partition coefficient (Wildman–Crippen LogP) is 3.07. The van der Waals surface area contributed by atoms with E-state index in [9.17, 15) is 4.79 Å². The highest BCUT2D eigenvalue weighted by atomic mass is 16.7. The van der Waals surface area contributed by atoms with Gasteiger partial charge in [-0.3, -0.25) is 4.79 Å². The Labute approximate surface area is 152 Å². The summed E-state index contributed by atoms with van der Waals surface area (Å²) in [7, 11) is 0. The highest BCUT2D eigenvalue weighted by Gasteiger charge is 2.22. The molecule has 0 aromatic heterocycles. The molecule has 1 amide bonds. The third-order valence-corrected chi connectivity index (χ3v) is 4.45. The fraction of sp³-hybridized carbons (Fsp3) is 0.350.